The molecule has 0 bridgehead atoms. The van der Waals surface area contributed by atoms with E-state index in [1.165, 1.54) is 12.1 Å². The number of benzene rings is 1. The summed E-state index contributed by atoms with van der Waals surface area (Å²) >= 11 is 0. The molecule has 0 radical (unpaired) electrons. The van der Waals surface area contributed by atoms with Gasteiger partial charge in [-0.25, -0.2) is 12.8 Å². The highest BCUT2D eigenvalue weighted by Crippen LogP contribution is 2.15. The van der Waals surface area contributed by atoms with Gasteiger partial charge in [0.25, 0.3) is 0 Å². The minimum atomic E-state index is -3.18. The van der Waals surface area contributed by atoms with Crippen LogP contribution in [0, 0.1) is 5.82 Å². The van der Waals surface area contributed by atoms with Crippen molar-refractivity contribution in [3.63, 3.8) is 0 Å². The van der Waals surface area contributed by atoms with Gasteiger partial charge in [0.05, 0.1) is 5.75 Å². The van der Waals surface area contributed by atoms with E-state index in [4.69, 9.17) is 0 Å². The predicted molar refractivity (Wildman–Crippen MR) is 54.5 cm³/mol. The van der Waals surface area contributed by atoms with Gasteiger partial charge in [-0.2, -0.15) is 0 Å². The van der Waals surface area contributed by atoms with Crippen molar-refractivity contribution >= 4 is 15.5 Å². The van der Waals surface area contributed by atoms with Crippen molar-refractivity contribution < 1.29 is 12.8 Å². The predicted octanol–water partition coefficient (Wildman–Crippen LogP) is 1.41. The molecule has 0 spiro atoms. The SMILES string of the molecule is CNc1ccc(CS(C)(=O)=O)c(F)c1. The number of nitrogens with one attached hydrogen (secondary N) is 1. The smallest absolute Gasteiger partial charge is 0.151 e. The second-order valence-corrected chi connectivity index (χ2v) is 5.27. The van der Waals surface area contributed by atoms with Crippen LogP contribution in [0.2, 0.25) is 0 Å². The second-order valence-electron chi connectivity index (χ2n) is 3.13. The Morgan fingerprint density at radius 3 is 2.50 bits per heavy atom. The average molecular weight is 217 g/mol. The Morgan fingerprint density at radius 1 is 1.43 bits per heavy atom. The van der Waals surface area contributed by atoms with Crippen LogP contribution in [0.15, 0.2) is 18.2 Å². The first-order valence-electron chi connectivity index (χ1n) is 4.06. The maximum atomic E-state index is 13.3. The number of hydrogen-bond acceptors (Lipinski definition) is 3. The van der Waals surface area contributed by atoms with Crippen LogP contribution in [0.1, 0.15) is 5.56 Å². The summed E-state index contributed by atoms with van der Waals surface area (Å²) < 4.78 is 35.1. The molecule has 78 valence electrons. The molecule has 1 aromatic carbocycles. The molecular weight excluding hydrogens is 205 g/mol. The van der Waals surface area contributed by atoms with E-state index in [1.54, 1.807) is 13.1 Å². The van der Waals surface area contributed by atoms with E-state index in [2.05, 4.69) is 5.32 Å². The topological polar surface area (TPSA) is 46.2 Å². The molecule has 3 nitrogen and oxygen atoms in total. The summed E-state index contributed by atoms with van der Waals surface area (Å²) in [5.74, 6) is -0.759. The van der Waals surface area contributed by atoms with Gasteiger partial charge in [0.2, 0.25) is 0 Å². The van der Waals surface area contributed by atoms with Gasteiger partial charge < -0.3 is 5.32 Å². The number of rotatable bonds is 3. The van der Waals surface area contributed by atoms with Crippen LogP contribution in [0.25, 0.3) is 0 Å². The highest BCUT2D eigenvalue weighted by molar-refractivity contribution is 7.89. The summed E-state index contributed by atoms with van der Waals surface area (Å²) in [6.07, 6.45) is 1.08. The van der Waals surface area contributed by atoms with E-state index < -0.39 is 15.7 Å². The second kappa shape index (κ2) is 3.96. The largest absolute Gasteiger partial charge is 0.388 e. The molecular formula is C9H12FNO2S. The number of hydrogen-bond donors (Lipinski definition) is 1. The van der Waals surface area contributed by atoms with Crippen molar-refractivity contribution in [2.24, 2.45) is 0 Å². The molecule has 1 N–H and O–H groups in total. The maximum Gasteiger partial charge on any atom is 0.151 e. The molecule has 14 heavy (non-hydrogen) atoms. The summed E-state index contributed by atoms with van der Waals surface area (Å²) in [6, 6.07) is 4.40. The average Bonchev–Trinajstić information content (AvgIpc) is 2.06. The molecule has 0 heterocycles. The normalized spacial score (nSPS) is 11.4. The molecule has 0 fully saturated rings. The lowest BCUT2D eigenvalue weighted by Crippen LogP contribution is -2.03. The van der Waals surface area contributed by atoms with Gasteiger partial charge in [0.1, 0.15) is 5.82 Å². The summed E-state index contributed by atoms with van der Waals surface area (Å²) in [7, 11) is -1.51. The lowest BCUT2D eigenvalue weighted by Gasteiger charge is -2.04. The molecule has 0 unspecified atom stereocenters. The van der Waals surface area contributed by atoms with Crippen LogP contribution in [-0.2, 0) is 15.6 Å². The molecule has 0 aliphatic rings. The fraction of sp³-hybridized carbons (Fsp3) is 0.333. The lowest BCUT2D eigenvalue weighted by atomic mass is 10.2. The van der Waals surface area contributed by atoms with Gasteiger partial charge in [-0.3, -0.25) is 0 Å². The first-order chi connectivity index (χ1) is 6.42. The lowest BCUT2D eigenvalue weighted by molar-refractivity contribution is 0.592. The number of halogens is 1. The summed E-state index contributed by atoms with van der Waals surface area (Å²) in [5, 5.41) is 2.77. The van der Waals surface area contributed by atoms with Crippen molar-refractivity contribution in [3.8, 4) is 0 Å². The van der Waals surface area contributed by atoms with Crippen LogP contribution in [0.4, 0.5) is 10.1 Å². The molecule has 5 heteroatoms. The number of anilines is 1. The molecule has 0 atom stereocenters. The minimum absolute atomic E-state index is 0.200. The Bertz CT molecular complexity index is 428. The Morgan fingerprint density at radius 2 is 2.07 bits per heavy atom. The fourth-order valence-corrected chi connectivity index (χ4v) is 1.90. The Balaban J connectivity index is 3.01. The molecule has 0 amide bonds. The first kappa shape index (κ1) is 11.0. The van der Waals surface area contributed by atoms with E-state index in [0.29, 0.717) is 5.69 Å². The molecule has 1 rings (SSSR count). The van der Waals surface area contributed by atoms with Crippen molar-refractivity contribution in [1.82, 2.24) is 0 Å². The standard InChI is InChI=1S/C9H12FNO2S/c1-11-8-4-3-7(9(10)5-8)6-14(2,12)13/h3-5,11H,6H2,1-2H3. The van der Waals surface area contributed by atoms with Gasteiger partial charge in [-0.15, -0.1) is 0 Å². The first-order valence-corrected chi connectivity index (χ1v) is 6.12. The van der Waals surface area contributed by atoms with Gasteiger partial charge >= 0.3 is 0 Å². The third kappa shape index (κ3) is 2.99. The van der Waals surface area contributed by atoms with Crippen molar-refractivity contribution in [3.05, 3.63) is 29.6 Å². The molecule has 0 aliphatic carbocycles. The van der Waals surface area contributed by atoms with Gasteiger partial charge in [-0.1, -0.05) is 6.07 Å². The van der Waals surface area contributed by atoms with E-state index in [1.807, 2.05) is 0 Å². The maximum absolute atomic E-state index is 13.3. The van der Waals surface area contributed by atoms with Crippen molar-refractivity contribution in [1.29, 1.82) is 0 Å². The fourth-order valence-electron chi connectivity index (χ4n) is 1.10. The zero-order valence-corrected chi connectivity index (χ0v) is 8.86. The van der Waals surface area contributed by atoms with Gasteiger partial charge in [0, 0.05) is 24.6 Å². The Kier molecular flexibility index (Phi) is 3.10. The van der Waals surface area contributed by atoms with Crippen LogP contribution in [0.3, 0.4) is 0 Å². The third-order valence-corrected chi connectivity index (χ3v) is 2.59. The molecule has 0 saturated carbocycles. The quantitative estimate of drug-likeness (QED) is 0.832. The number of sulfone groups is 1. The van der Waals surface area contributed by atoms with Crippen LogP contribution >= 0.6 is 0 Å². The summed E-state index contributed by atoms with van der Waals surface area (Å²) in [4.78, 5) is 0. The van der Waals surface area contributed by atoms with Crippen molar-refractivity contribution in [2.45, 2.75) is 5.75 Å². The zero-order valence-electron chi connectivity index (χ0n) is 8.04. The third-order valence-electron chi connectivity index (χ3n) is 1.76. The van der Waals surface area contributed by atoms with E-state index in [-0.39, 0.29) is 11.3 Å². The van der Waals surface area contributed by atoms with E-state index >= 15 is 0 Å². The van der Waals surface area contributed by atoms with Gasteiger partial charge in [-0.05, 0) is 12.1 Å². The molecule has 0 saturated heterocycles. The highest BCUT2D eigenvalue weighted by atomic mass is 32.2. The molecule has 0 aliphatic heterocycles. The summed E-state index contributed by atoms with van der Waals surface area (Å²) in [5.41, 5.74) is 0.825. The highest BCUT2D eigenvalue weighted by Gasteiger charge is 2.09. The monoisotopic (exact) mass is 217 g/mol. The Labute approximate surface area is 82.9 Å². The molecule has 0 aromatic heterocycles. The van der Waals surface area contributed by atoms with E-state index in [9.17, 15) is 12.8 Å². The molecule has 1 aromatic rings. The summed E-state index contributed by atoms with van der Waals surface area (Å²) in [6.45, 7) is 0. The Hall–Kier alpha value is -1.10. The van der Waals surface area contributed by atoms with Crippen molar-refractivity contribution in [2.75, 3.05) is 18.6 Å². The van der Waals surface area contributed by atoms with Crippen LogP contribution < -0.4 is 5.32 Å². The van der Waals surface area contributed by atoms with Gasteiger partial charge in [0.15, 0.2) is 9.84 Å². The zero-order chi connectivity index (χ0) is 10.8. The van der Waals surface area contributed by atoms with E-state index in [0.717, 1.165) is 6.26 Å². The van der Waals surface area contributed by atoms with Crippen LogP contribution in [0.5, 0.6) is 0 Å². The van der Waals surface area contributed by atoms with Crippen LogP contribution in [-0.4, -0.2) is 21.7 Å². The minimum Gasteiger partial charge on any atom is -0.388 e.